The fourth-order valence-electron chi connectivity index (χ4n) is 3.31. The zero-order chi connectivity index (χ0) is 24.6. The molecule has 1 aromatic carbocycles. The summed E-state index contributed by atoms with van der Waals surface area (Å²) in [4.78, 5) is 19.9. The van der Waals surface area contributed by atoms with Crippen LogP contribution in [0.2, 0.25) is 0 Å². The predicted octanol–water partition coefficient (Wildman–Crippen LogP) is 3.13. The number of benzene rings is 1. The Morgan fingerprint density at radius 3 is 2.83 bits per heavy atom. The Morgan fingerprint density at radius 2 is 2.10 bits per heavy atom. The average molecular weight is 436 g/mol. The van der Waals surface area contributed by atoms with Gasteiger partial charge in [-0.2, -0.15) is 0 Å². The van der Waals surface area contributed by atoms with Crippen molar-refractivity contribution in [2.45, 2.75) is 19.6 Å². The van der Waals surface area contributed by atoms with E-state index in [0.29, 0.717) is 0 Å². The van der Waals surface area contributed by atoms with Gasteiger partial charge < -0.3 is 14.6 Å². The summed E-state index contributed by atoms with van der Waals surface area (Å²) in [5.74, 6) is -3.70. The summed E-state index contributed by atoms with van der Waals surface area (Å²) in [5.41, 5.74) is -0.519. The zero-order valence-corrected chi connectivity index (χ0v) is 16.0. The maximum Gasteiger partial charge on any atom is 0.375 e. The fraction of sp³-hybridized carbons (Fsp3) is 0.263. The van der Waals surface area contributed by atoms with Gasteiger partial charge in [0, 0.05) is 11.1 Å². The molecule has 1 atom stereocenters. The van der Waals surface area contributed by atoms with Crippen LogP contribution in [-0.4, -0.2) is 44.7 Å². The van der Waals surface area contributed by atoms with Gasteiger partial charge in [-0.15, -0.1) is 5.10 Å². The molecule has 5 rings (SSSR count). The summed E-state index contributed by atoms with van der Waals surface area (Å²) in [7, 11) is 0. The van der Waals surface area contributed by atoms with Crippen LogP contribution >= 0.6 is 11.3 Å². The van der Waals surface area contributed by atoms with E-state index in [1.54, 1.807) is 6.92 Å². The molecule has 3 aromatic rings. The van der Waals surface area contributed by atoms with E-state index in [1.807, 2.05) is 0 Å². The van der Waals surface area contributed by atoms with Gasteiger partial charge in [0.25, 0.3) is 5.82 Å². The van der Waals surface area contributed by atoms with Gasteiger partial charge in [-0.25, -0.2) is 23.2 Å². The second-order valence-corrected chi connectivity index (χ2v) is 7.37. The Bertz CT molecular complexity index is 1370. The number of carbonyl (C=O) groups is 1. The van der Waals surface area contributed by atoms with E-state index in [9.17, 15) is 18.7 Å². The third kappa shape index (κ3) is 2.81. The van der Waals surface area contributed by atoms with Crippen LogP contribution in [0.1, 0.15) is 51.6 Å². The van der Waals surface area contributed by atoms with Gasteiger partial charge in [-0.05, 0) is 19.1 Å². The van der Waals surface area contributed by atoms with Crippen molar-refractivity contribution in [1.29, 1.82) is 0 Å². The second-order valence-electron chi connectivity index (χ2n) is 6.40. The lowest BCUT2D eigenvalue weighted by Crippen LogP contribution is -2.13. The SMILES string of the molecule is [2H]C1([2H])OCc2c(sc3c2C(c2c(F)cccc2F)=N[C@@H](C)c2nc(C(=O)O)nn2-3)OC1([2H])[2H]. The first-order valence-electron chi connectivity index (χ1n) is 10.6. The van der Waals surface area contributed by atoms with Gasteiger partial charge in [0.1, 0.15) is 29.2 Å². The van der Waals surface area contributed by atoms with Crippen molar-refractivity contribution in [3.63, 3.8) is 0 Å². The van der Waals surface area contributed by atoms with E-state index in [4.69, 9.17) is 15.0 Å². The minimum absolute atomic E-state index is 0.0462. The first-order valence-corrected chi connectivity index (χ1v) is 9.44. The van der Waals surface area contributed by atoms with Gasteiger partial charge in [0.2, 0.25) is 0 Å². The minimum atomic E-state index is -2.91. The third-order valence-electron chi connectivity index (χ3n) is 4.57. The zero-order valence-electron chi connectivity index (χ0n) is 19.1. The lowest BCUT2D eigenvalue weighted by Gasteiger charge is -2.12. The fourth-order valence-corrected chi connectivity index (χ4v) is 4.39. The molecule has 11 heteroatoms. The number of aliphatic imine (C=N–C) groups is 1. The van der Waals surface area contributed by atoms with Crippen molar-refractivity contribution >= 4 is 23.0 Å². The Morgan fingerprint density at radius 1 is 1.33 bits per heavy atom. The molecule has 30 heavy (non-hydrogen) atoms. The highest BCUT2D eigenvalue weighted by Gasteiger charge is 2.35. The predicted molar refractivity (Wildman–Crippen MR) is 102 cm³/mol. The lowest BCUT2D eigenvalue weighted by molar-refractivity contribution is 0.0683. The molecule has 2 aromatic heterocycles. The van der Waals surface area contributed by atoms with Crippen LogP contribution in [0.3, 0.4) is 0 Å². The van der Waals surface area contributed by atoms with E-state index < -0.39 is 54.8 Å². The number of rotatable bonds is 2. The maximum absolute atomic E-state index is 14.9. The smallest absolute Gasteiger partial charge is 0.375 e. The molecule has 0 saturated carbocycles. The van der Waals surface area contributed by atoms with Crippen LogP contribution in [0.15, 0.2) is 23.2 Å². The summed E-state index contributed by atoms with van der Waals surface area (Å²) in [5, 5.41) is 13.3. The van der Waals surface area contributed by atoms with Gasteiger partial charge in [0.15, 0.2) is 10.9 Å². The highest BCUT2D eigenvalue weighted by atomic mass is 32.1. The minimum Gasteiger partial charge on any atom is -0.481 e. The normalized spacial score (nSPS) is 23.0. The Kier molecular flexibility index (Phi) is 3.42. The van der Waals surface area contributed by atoms with Crippen LogP contribution in [0, 0.1) is 11.6 Å². The molecule has 0 fully saturated rings. The van der Waals surface area contributed by atoms with Crippen LogP contribution in [-0.2, 0) is 11.3 Å². The topological polar surface area (TPSA) is 98.8 Å². The van der Waals surface area contributed by atoms with Gasteiger partial charge in [-0.1, -0.05) is 17.4 Å². The highest BCUT2D eigenvalue weighted by molar-refractivity contribution is 7.17. The molecule has 4 heterocycles. The summed E-state index contributed by atoms with van der Waals surface area (Å²) in [6.45, 7) is -4.73. The third-order valence-corrected chi connectivity index (χ3v) is 5.66. The number of hydrogen-bond donors (Lipinski definition) is 1. The summed E-state index contributed by atoms with van der Waals surface area (Å²) in [6, 6.07) is 2.40. The molecule has 0 saturated heterocycles. The lowest BCUT2D eigenvalue weighted by atomic mass is 9.99. The van der Waals surface area contributed by atoms with Gasteiger partial charge >= 0.3 is 5.97 Å². The quantitative estimate of drug-likeness (QED) is 0.663. The number of thiophene rings is 1. The highest BCUT2D eigenvalue weighted by Crippen LogP contribution is 2.44. The molecule has 0 spiro atoms. The largest absolute Gasteiger partial charge is 0.481 e. The number of fused-ring (bicyclic) bond motifs is 5. The van der Waals surface area contributed by atoms with Crippen molar-refractivity contribution in [2.24, 2.45) is 4.99 Å². The van der Waals surface area contributed by atoms with Gasteiger partial charge in [-0.3, -0.25) is 4.99 Å². The first kappa shape index (κ1) is 14.7. The molecule has 0 aliphatic carbocycles. The van der Waals surface area contributed by atoms with Crippen LogP contribution < -0.4 is 4.74 Å². The number of carboxylic acid groups (broad SMARTS) is 1. The van der Waals surface area contributed by atoms with Crippen LogP contribution in [0.4, 0.5) is 8.78 Å². The number of carboxylic acids is 1. The van der Waals surface area contributed by atoms with E-state index in [1.165, 1.54) is 6.07 Å². The summed E-state index contributed by atoms with van der Waals surface area (Å²) >= 11 is 0.780. The molecule has 1 N–H and O–H groups in total. The van der Waals surface area contributed by atoms with E-state index in [2.05, 4.69) is 15.1 Å². The number of halogens is 2. The number of hydrogen-bond acceptors (Lipinski definition) is 7. The molecule has 0 radical (unpaired) electrons. The van der Waals surface area contributed by atoms with Crippen LogP contribution in [0.25, 0.3) is 5.00 Å². The molecular weight excluding hydrogens is 418 g/mol. The number of aromatic carboxylic acids is 1. The van der Waals surface area contributed by atoms with E-state index in [-0.39, 0.29) is 32.7 Å². The average Bonchev–Trinajstić information content (AvgIpc) is 3.28. The first-order chi connectivity index (χ1) is 15.9. The molecular formula is C19H14F2N4O4S. The van der Waals surface area contributed by atoms with Crippen molar-refractivity contribution < 1.29 is 33.6 Å². The van der Waals surface area contributed by atoms with E-state index >= 15 is 0 Å². The van der Waals surface area contributed by atoms with Crippen molar-refractivity contribution in [1.82, 2.24) is 14.8 Å². The summed E-state index contributed by atoms with van der Waals surface area (Å²) in [6.07, 6.45) is 0. The monoisotopic (exact) mass is 436 g/mol. The second kappa shape index (κ2) is 6.96. The molecule has 2 aliphatic heterocycles. The van der Waals surface area contributed by atoms with Crippen molar-refractivity contribution in [2.75, 3.05) is 13.1 Å². The maximum atomic E-state index is 14.9. The number of aromatic nitrogens is 3. The Balaban J connectivity index is 1.84. The van der Waals surface area contributed by atoms with Crippen molar-refractivity contribution in [3.8, 4) is 10.1 Å². The molecule has 0 amide bonds. The number of nitrogens with zero attached hydrogens (tertiary/aromatic N) is 4. The standard InChI is InChI=1S/C19H14F2N4O4S/c1-8-16-23-15(18(26)27)24-25(16)17-12(9-7-28-5-6-29-19(9)30-17)14(22-8)13-10(20)3-2-4-11(13)21/h2-4,8H,5-7H2,1H3,(H,26,27)/t8-/m0/s1/i5D2,6D2. The Labute approximate surface area is 178 Å². The molecule has 0 bridgehead atoms. The van der Waals surface area contributed by atoms with Crippen molar-refractivity contribution in [3.05, 3.63) is 58.2 Å². The van der Waals surface area contributed by atoms with Crippen LogP contribution in [0.5, 0.6) is 5.06 Å². The van der Waals surface area contributed by atoms with E-state index in [0.717, 1.165) is 28.2 Å². The van der Waals surface area contributed by atoms with Gasteiger partial charge in [0.05, 0.1) is 29.9 Å². The molecule has 0 unspecified atom stereocenters. The molecule has 154 valence electrons. The molecule has 2 aliphatic rings. The Hall–Kier alpha value is -3.18. The summed E-state index contributed by atoms with van der Waals surface area (Å²) < 4.78 is 73.0. The molecule has 8 nitrogen and oxygen atoms in total. The number of ether oxygens (including phenoxy) is 2.